The fourth-order valence-corrected chi connectivity index (χ4v) is 4.04. The lowest BCUT2D eigenvalue weighted by Crippen LogP contribution is -2.30. The Morgan fingerprint density at radius 2 is 1.79 bits per heavy atom. The number of sulfonamides is 1. The maximum atomic E-state index is 12.4. The second kappa shape index (κ2) is 8.88. The topological polar surface area (TPSA) is 128 Å². The molecule has 1 aromatic carbocycles. The number of hydrogen-bond acceptors (Lipinski definition) is 7. The van der Waals surface area contributed by atoms with Gasteiger partial charge in [-0.3, -0.25) is 4.79 Å². The van der Waals surface area contributed by atoms with E-state index in [4.69, 9.17) is 0 Å². The molecule has 11 heteroatoms. The molecule has 1 atom stereocenters. The maximum absolute atomic E-state index is 12.4. The van der Waals surface area contributed by atoms with Crippen LogP contribution in [0.1, 0.15) is 6.92 Å². The normalized spacial score (nSPS) is 12.2. The fraction of sp³-hybridized carbons (Fsp3) is 0.111. The van der Waals surface area contributed by atoms with Crippen LogP contribution in [0.2, 0.25) is 0 Å². The molecule has 0 aliphatic heterocycles. The molecule has 2 heterocycles. The van der Waals surface area contributed by atoms with E-state index in [0.717, 1.165) is 11.8 Å². The highest BCUT2D eigenvalue weighted by atomic mass is 32.2. The van der Waals surface area contributed by atoms with Gasteiger partial charge in [0.05, 0.1) is 10.1 Å². The molecule has 3 rings (SSSR count). The minimum absolute atomic E-state index is 0.00191. The highest BCUT2D eigenvalue weighted by Gasteiger charge is 2.20. The molecule has 1 amide bonds. The van der Waals surface area contributed by atoms with Gasteiger partial charge in [0.15, 0.2) is 6.20 Å². The van der Waals surface area contributed by atoms with E-state index in [0.29, 0.717) is 15.4 Å². The van der Waals surface area contributed by atoms with Crippen molar-refractivity contribution < 1.29 is 17.9 Å². The zero-order valence-electron chi connectivity index (χ0n) is 15.2. The van der Waals surface area contributed by atoms with Gasteiger partial charge in [-0.25, -0.2) is 23.1 Å². The summed E-state index contributed by atoms with van der Waals surface area (Å²) in [6.45, 7) is 1.68. The van der Waals surface area contributed by atoms with Gasteiger partial charge in [-0.2, -0.15) is 4.73 Å². The summed E-state index contributed by atoms with van der Waals surface area (Å²) >= 11 is 1.12. The zero-order valence-corrected chi connectivity index (χ0v) is 16.9. The van der Waals surface area contributed by atoms with Crippen LogP contribution in [-0.2, 0) is 14.8 Å². The first kappa shape index (κ1) is 20.6. The lowest BCUT2D eigenvalue weighted by atomic mass is 10.3. The molecule has 0 radical (unpaired) electrons. The Morgan fingerprint density at radius 1 is 1.10 bits per heavy atom. The molecule has 2 N–H and O–H groups in total. The largest absolute Gasteiger partial charge is 0.618 e. The van der Waals surface area contributed by atoms with Crippen molar-refractivity contribution in [3.8, 4) is 0 Å². The van der Waals surface area contributed by atoms with Crippen molar-refractivity contribution in [1.82, 2.24) is 9.97 Å². The lowest BCUT2D eigenvalue weighted by molar-refractivity contribution is -0.645. The Labute approximate surface area is 171 Å². The van der Waals surface area contributed by atoms with Crippen LogP contribution in [0.25, 0.3) is 0 Å². The average Bonchev–Trinajstić information content (AvgIpc) is 2.70. The minimum Gasteiger partial charge on any atom is -0.618 e. The van der Waals surface area contributed by atoms with E-state index in [1.54, 1.807) is 31.2 Å². The second-order valence-electron chi connectivity index (χ2n) is 5.82. The number of amides is 1. The van der Waals surface area contributed by atoms with Gasteiger partial charge in [0.25, 0.3) is 15.0 Å². The summed E-state index contributed by atoms with van der Waals surface area (Å²) in [7, 11) is -3.85. The van der Waals surface area contributed by atoms with E-state index >= 15 is 0 Å². The predicted molar refractivity (Wildman–Crippen MR) is 109 cm³/mol. The summed E-state index contributed by atoms with van der Waals surface area (Å²) in [5, 5.41) is 14.3. The number of carbonyl (C=O) groups excluding carboxylic acids is 1. The molecule has 3 aromatic rings. The van der Waals surface area contributed by atoms with Crippen LogP contribution in [0.4, 0.5) is 11.6 Å². The molecule has 2 aromatic heterocycles. The van der Waals surface area contributed by atoms with E-state index < -0.39 is 15.3 Å². The minimum atomic E-state index is -3.85. The highest BCUT2D eigenvalue weighted by Crippen LogP contribution is 2.22. The number of anilines is 2. The van der Waals surface area contributed by atoms with E-state index in [1.165, 1.54) is 42.9 Å². The van der Waals surface area contributed by atoms with Crippen molar-refractivity contribution in [2.75, 3.05) is 10.0 Å². The third-order valence-electron chi connectivity index (χ3n) is 3.68. The number of hydrogen-bond donors (Lipinski definition) is 2. The SMILES string of the molecule is CC(Sc1cccc[n+]1[O-])C(=O)Nc1ccc(S(=O)(=O)Nc2ncccn2)cc1. The number of nitrogens with zero attached hydrogens (tertiary/aromatic N) is 3. The number of benzene rings is 1. The predicted octanol–water partition coefficient (Wildman–Crippen LogP) is 2.03. The van der Waals surface area contributed by atoms with Crippen molar-refractivity contribution in [2.45, 2.75) is 22.1 Å². The summed E-state index contributed by atoms with van der Waals surface area (Å²) in [5.74, 6) is -0.350. The van der Waals surface area contributed by atoms with E-state index in [-0.39, 0.29) is 16.8 Å². The number of carbonyl (C=O) groups is 1. The molecule has 0 aliphatic carbocycles. The third kappa shape index (κ3) is 5.42. The summed E-state index contributed by atoms with van der Waals surface area (Å²) < 4.78 is 27.7. The molecule has 0 fully saturated rings. The van der Waals surface area contributed by atoms with Crippen LogP contribution in [0.15, 0.2) is 77.0 Å². The van der Waals surface area contributed by atoms with Gasteiger partial charge in [-0.05, 0) is 55.1 Å². The second-order valence-corrected chi connectivity index (χ2v) is 8.86. The zero-order chi connectivity index (χ0) is 20.9. The molecule has 9 nitrogen and oxygen atoms in total. The molecule has 0 bridgehead atoms. The van der Waals surface area contributed by atoms with Crippen molar-refractivity contribution >= 4 is 39.3 Å². The molecule has 0 saturated carbocycles. The van der Waals surface area contributed by atoms with E-state index in [9.17, 15) is 18.4 Å². The van der Waals surface area contributed by atoms with Gasteiger partial charge < -0.3 is 10.5 Å². The summed E-state index contributed by atoms with van der Waals surface area (Å²) in [6.07, 6.45) is 4.21. The van der Waals surface area contributed by atoms with Crippen molar-refractivity contribution in [3.63, 3.8) is 0 Å². The average molecular weight is 431 g/mol. The van der Waals surface area contributed by atoms with Gasteiger partial charge in [0.2, 0.25) is 11.9 Å². The Bertz CT molecular complexity index is 1090. The molecule has 0 saturated heterocycles. The third-order valence-corrected chi connectivity index (χ3v) is 6.15. The Kier molecular flexibility index (Phi) is 6.29. The van der Waals surface area contributed by atoms with Crippen molar-refractivity contribution in [2.24, 2.45) is 0 Å². The molecule has 0 aliphatic rings. The van der Waals surface area contributed by atoms with Crippen LogP contribution < -0.4 is 14.8 Å². The monoisotopic (exact) mass is 431 g/mol. The van der Waals surface area contributed by atoms with Crippen LogP contribution in [0.3, 0.4) is 0 Å². The quantitative estimate of drug-likeness (QED) is 0.333. The number of rotatable bonds is 7. The number of thioether (sulfide) groups is 1. The fourth-order valence-electron chi connectivity index (χ4n) is 2.23. The molecular weight excluding hydrogens is 414 g/mol. The first-order valence-electron chi connectivity index (χ1n) is 8.41. The van der Waals surface area contributed by atoms with Crippen LogP contribution >= 0.6 is 11.8 Å². The van der Waals surface area contributed by atoms with E-state index in [2.05, 4.69) is 20.0 Å². The summed E-state index contributed by atoms with van der Waals surface area (Å²) in [4.78, 5) is 20.0. The molecule has 1 unspecified atom stereocenters. The number of pyridine rings is 1. The molecular formula is C18H17N5O4S2. The van der Waals surface area contributed by atoms with Crippen LogP contribution in [-0.4, -0.2) is 29.5 Å². The van der Waals surface area contributed by atoms with Gasteiger partial charge in [0, 0.05) is 30.2 Å². The molecule has 0 spiro atoms. The first-order valence-corrected chi connectivity index (χ1v) is 10.8. The van der Waals surface area contributed by atoms with Gasteiger partial charge in [-0.1, -0.05) is 0 Å². The summed E-state index contributed by atoms with van der Waals surface area (Å²) in [5.41, 5.74) is 0.431. The van der Waals surface area contributed by atoms with E-state index in [1.807, 2.05) is 0 Å². The molecule has 29 heavy (non-hydrogen) atoms. The van der Waals surface area contributed by atoms with Gasteiger partial charge in [-0.15, -0.1) is 0 Å². The highest BCUT2D eigenvalue weighted by molar-refractivity contribution is 8.00. The lowest BCUT2D eigenvalue weighted by Gasteiger charge is -2.12. The van der Waals surface area contributed by atoms with Gasteiger partial charge in [0.1, 0.15) is 0 Å². The van der Waals surface area contributed by atoms with Gasteiger partial charge >= 0.3 is 0 Å². The maximum Gasteiger partial charge on any atom is 0.264 e. The Balaban J connectivity index is 1.64. The van der Waals surface area contributed by atoms with Crippen LogP contribution in [0.5, 0.6) is 0 Å². The van der Waals surface area contributed by atoms with Crippen molar-refractivity contribution in [1.29, 1.82) is 0 Å². The summed E-state index contributed by atoms with van der Waals surface area (Å²) in [6, 6.07) is 12.2. The van der Waals surface area contributed by atoms with Crippen LogP contribution in [0, 0.1) is 5.21 Å². The standard InChI is InChI=1S/C18H17N5O4S2/c1-13(28-16-5-2-3-12-23(16)25)17(24)21-14-6-8-15(9-7-14)29(26,27)22-18-19-10-4-11-20-18/h2-13H,1H3,(H,21,24)(H,19,20,22). The Hall–Kier alpha value is -3.18. The van der Waals surface area contributed by atoms with Crippen molar-refractivity contribution in [3.05, 3.63) is 72.3 Å². The first-order chi connectivity index (χ1) is 13.8. The number of nitrogens with one attached hydrogen (secondary N) is 2. The Morgan fingerprint density at radius 3 is 2.45 bits per heavy atom. The smallest absolute Gasteiger partial charge is 0.264 e. The number of aromatic nitrogens is 3. The molecule has 150 valence electrons.